The predicted octanol–water partition coefficient (Wildman–Crippen LogP) is 3.77. The molecule has 0 aliphatic rings. The van der Waals surface area contributed by atoms with Gasteiger partial charge in [0.25, 0.3) is 5.91 Å². The number of anilines is 1. The first-order valence-electron chi connectivity index (χ1n) is 7.01. The lowest BCUT2D eigenvalue weighted by molar-refractivity contribution is 0.102. The van der Waals surface area contributed by atoms with Crippen molar-refractivity contribution in [3.8, 4) is 16.3 Å². The summed E-state index contributed by atoms with van der Waals surface area (Å²) in [6.07, 6.45) is 1.64. The van der Waals surface area contributed by atoms with E-state index in [9.17, 15) is 4.79 Å². The summed E-state index contributed by atoms with van der Waals surface area (Å²) in [4.78, 5) is 21.6. The number of amides is 1. The Labute approximate surface area is 138 Å². The lowest BCUT2D eigenvalue weighted by Gasteiger charge is -2.02. The molecule has 0 spiro atoms. The lowest BCUT2D eigenvalue weighted by Crippen LogP contribution is -2.12. The van der Waals surface area contributed by atoms with Crippen molar-refractivity contribution in [1.82, 2.24) is 9.97 Å². The van der Waals surface area contributed by atoms with E-state index in [4.69, 9.17) is 4.74 Å². The summed E-state index contributed by atoms with van der Waals surface area (Å²) in [7, 11) is 1.62. The van der Waals surface area contributed by atoms with Gasteiger partial charge in [-0.25, -0.2) is 9.97 Å². The van der Waals surface area contributed by atoms with E-state index in [2.05, 4.69) is 15.3 Å². The number of nitrogens with zero attached hydrogens (tertiary/aromatic N) is 2. The molecular weight excluding hydrogens is 310 g/mol. The van der Waals surface area contributed by atoms with Crippen molar-refractivity contribution in [1.29, 1.82) is 0 Å². The number of aromatic nitrogens is 2. The van der Waals surface area contributed by atoms with Gasteiger partial charge in [-0.15, -0.1) is 11.3 Å². The van der Waals surface area contributed by atoms with Gasteiger partial charge >= 0.3 is 0 Å². The molecular formula is C17H15N3O2S. The average Bonchev–Trinajstić information content (AvgIpc) is 2.98. The molecule has 0 bridgehead atoms. The molecule has 0 saturated carbocycles. The molecule has 0 fully saturated rings. The number of methoxy groups -OCH3 is 1. The number of thiazole rings is 1. The first-order valence-corrected chi connectivity index (χ1v) is 7.83. The summed E-state index contributed by atoms with van der Waals surface area (Å²) < 4.78 is 5.23. The number of carbonyl (C=O) groups excluding carboxylic acids is 1. The fraction of sp³-hybridized carbons (Fsp3) is 0.118. The van der Waals surface area contributed by atoms with Crippen LogP contribution in [0.15, 0.2) is 48.7 Å². The van der Waals surface area contributed by atoms with Gasteiger partial charge in [0.2, 0.25) is 0 Å². The molecule has 0 saturated heterocycles. The summed E-state index contributed by atoms with van der Waals surface area (Å²) in [6, 6.07) is 13.0. The minimum Gasteiger partial charge on any atom is -0.497 e. The standard InChI is InChI=1S/C17H15N3O2S/c1-11-15(16(21)20-14-8-3-4-9-18-14)23-17(19-11)12-6-5-7-13(10-12)22-2/h3-10H,1-2H3,(H,18,20,21). The fourth-order valence-electron chi connectivity index (χ4n) is 2.10. The van der Waals surface area contributed by atoms with Crippen molar-refractivity contribution in [3.05, 3.63) is 59.2 Å². The van der Waals surface area contributed by atoms with E-state index < -0.39 is 0 Å². The Bertz CT molecular complexity index is 831. The Hall–Kier alpha value is -2.73. The molecule has 3 rings (SSSR count). The third-order valence-corrected chi connectivity index (χ3v) is 4.43. The molecule has 3 aromatic rings. The Morgan fingerprint density at radius 3 is 2.83 bits per heavy atom. The van der Waals surface area contributed by atoms with E-state index in [1.807, 2.05) is 37.3 Å². The minimum atomic E-state index is -0.201. The van der Waals surface area contributed by atoms with E-state index in [-0.39, 0.29) is 5.91 Å². The van der Waals surface area contributed by atoms with Gasteiger partial charge in [-0.3, -0.25) is 4.79 Å². The second-order valence-electron chi connectivity index (χ2n) is 4.83. The number of hydrogen-bond acceptors (Lipinski definition) is 5. The Balaban J connectivity index is 1.87. The Morgan fingerprint density at radius 1 is 1.22 bits per heavy atom. The van der Waals surface area contributed by atoms with Gasteiger partial charge < -0.3 is 10.1 Å². The van der Waals surface area contributed by atoms with Gasteiger partial charge in [-0.2, -0.15) is 0 Å². The number of aryl methyl sites for hydroxylation is 1. The van der Waals surface area contributed by atoms with Crippen LogP contribution in [0.4, 0.5) is 5.82 Å². The highest BCUT2D eigenvalue weighted by atomic mass is 32.1. The monoisotopic (exact) mass is 325 g/mol. The summed E-state index contributed by atoms with van der Waals surface area (Å²) in [5.74, 6) is 1.08. The summed E-state index contributed by atoms with van der Waals surface area (Å²) >= 11 is 1.35. The first-order chi connectivity index (χ1) is 11.2. The number of pyridine rings is 1. The summed E-state index contributed by atoms with van der Waals surface area (Å²) in [5, 5.41) is 3.57. The Morgan fingerprint density at radius 2 is 2.09 bits per heavy atom. The van der Waals surface area contributed by atoms with E-state index in [0.717, 1.165) is 16.3 Å². The van der Waals surface area contributed by atoms with Crippen molar-refractivity contribution >= 4 is 23.1 Å². The van der Waals surface area contributed by atoms with Crippen molar-refractivity contribution in [2.75, 3.05) is 12.4 Å². The molecule has 116 valence electrons. The van der Waals surface area contributed by atoms with Gasteiger partial charge in [0.05, 0.1) is 12.8 Å². The number of hydrogen-bond donors (Lipinski definition) is 1. The second kappa shape index (κ2) is 6.58. The summed E-state index contributed by atoms with van der Waals surface area (Å²) in [6.45, 7) is 1.83. The lowest BCUT2D eigenvalue weighted by atomic mass is 10.2. The maximum atomic E-state index is 12.4. The van der Waals surface area contributed by atoms with Gasteiger partial charge in [0, 0.05) is 11.8 Å². The van der Waals surface area contributed by atoms with Crippen LogP contribution in [-0.4, -0.2) is 23.0 Å². The minimum absolute atomic E-state index is 0.201. The number of nitrogens with one attached hydrogen (secondary N) is 1. The number of carbonyl (C=O) groups is 1. The number of ether oxygens (including phenoxy) is 1. The van der Waals surface area contributed by atoms with E-state index in [1.54, 1.807) is 25.4 Å². The zero-order valence-electron chi connectivity index (χ0n) is 12.7. The van der Waals surface area contributed by atoms with Crippen LogP contribution in [0, 0.1) is 6.92 Å². The van der Waals surface area contributed by atoms with Crippen LogP contribution in [0.2, 0.25) is 0 Å². The smallest absolute Gasteiger partial charge is 0.268 e. The zero-order chi connectivity index (χ0) is 16.2. The molecule has 1 amide bonds. The van der Waals surface area contributed by atoms with E-state index >= 15 is 0 Å². The zero-order valence-corrected chi connectivity index (χ0v) is 13.6. The van der Waals surface area contributed by atoms with Gasteiger partial charge in [0.15, 0.2) is 0 Å². The average molecular weight is 325 g/mol. The van der Waals surface area contributed by atoms with Crippen LogP contribution in [0.25, 0.3) is 10.6 Å². The van der Waals surface area contributed by atoms with Crippen LogP contribution in [-0.2, 0) is 0 Å². The summed E-state index contributed by atoms with van der Waals surface area (Å²) in [5.41, 5.74) is 1.62. The van der Waals surface area contributed by atoms with Crippen LogP contribution >= 0.6 is 11.3 Å². The number of benzene rings is 1. The topological polar surface area (TPSA) is 64.1 Å². The SMILES string of the molecule is COc1cccc(-c2nc(C)c(C(=O)Nc3ccccn3)s2)c1. The Kier molecular flexibility index (Phi) is 4.34. The van der Waals surface area contributed by atoms with Crippen molar-refractivity contribution in [3.63, 3.8) is 0 Å². The van der Waals surface area contributed by atoms with Crippen LogP contribution in [0.5, 0.6) is 5.75 Å². The predicted molar refractivity (Wildman–Crippen MR) is 91.0 cm³/mol. The highest BCUT2D eigenvalue weighted by Crippen LogP contribution is 2.30. The molecule has 0 aliphatic carbocycles. The molecule has 0 aliphatic heterocycles. The molecule has 2 heterocycles. The third kappa shape index (κ3) is 3.37. The van der Waals surface area contributed by atoms with E-state index in [1.165, 1.54) is 11.3 Å². The molecule has 2 aromatic heterocycles. The maximum Gasteiger partial charge on any atom is 0.268 e. The molecule has 0 atom stereocenters. The fourth-order valence-corrected chi connectivity index (χ4v) is 3.05. The van der Waals surface area contributed by atoms with Gasteiger partial charge in [0.1, 0.15) is 21.5 Å². The molecule has 23 heavy (non-hydrogen) atoms. The molecule has 5 nitrogen and oxygen atoms in total. The van der Waals surface area contributed by atoms with Crippen molar-refractivity contribution in [2.24, 2.45) is 0 Å². The molecule has 1 aromatic carbocycles. The molecule has 1 N–H and O–H groups in total. The molecule has 6 heteroatoms. The van der Waals surface area contributed by atoms with Crippen molar-refractivity contribution < 1.29 is 9.53 Å². The van der Waals surface area contributed by atoms with Crippen LogP contribution in [0.1, 0.15) is 15.4 Å². The first kappa shape index (κ1) is 15.2. The van der Waals surface area contributed by atoms with E-state index in [0.29, 0.717) is 16.4 Å². The van der Waals surface area contributed by atoms with Crippen molar-refractivity contribution in [2.45, 2.75) is 6.92 Å². The normalized spacial score (nSPS) is 10.3. The van der Waals surface area contributed by atoms with Gasteiger partial charge in [-0.1, -0.05) is 18.2 Å². The maximum absolute atomic E-state index is 12.4. The third-order valence-electron chi connectivity index (χ3n) is 3.23. The van der Waals surface area contributed by atoms with Gasteiger partial charge in [-0.05, 0) is 31.2 Å². The molecule has 0 radical (unpaired) electrons. The van der Waals surface area contributed by atoms with Crippen LogP contribution in [0.3, 0.4) is 0 Å². The number of rotatable bonds is 4. The van der Waals surface area contributed by atoms with Crippen LogP contribution < -0.4 is 10.1 Å². The largest absolute Gasteiger partial charge is 0.497 e. The second-order valence-corrected chi connectivity index (χ2v) is 5.83. The quantitative estimate of drug-likeness (QED) is 0.793. The highest BCUT2D eigenvalue weighted by molar-refractivity contribution is 7.17. The highest BCUT2D eigenvalue weighted by Gasteiger charge is 2.17. The molecule has 0 unspecified atom stereocenters.